The highest BCUT2D eigenvalue weighted by Crippen LogP contribution is 2.76. The number of hydrogen-bond donors (Lipinski definition) is 13. The summed E-state index contributed by atoms with van der Waals surface area (Å²) in [6, 6.07) is 0. The Labute approximate surface area is 529 Å². The molecule has 10 aliphatic rings. The van der Waals surface area contributed by atoms with Gasteiger partial charge in [0.1, 0.15) is 104 Å². The molecule has 28 heteroatoms. The predicted molar refractivity (Wildman–Crippen MR) is 307 cm³/mol. The van der Waals surface area contributed by atoms with Crippen molar-refractivity contribution in [1.29, 1.82) is 0 Å². The molecule has 0 aromatic rings. The fraction of sp³-hybridized carbons (Fsp3) is 0.921. The summed E-state index contributed by atoms with van der Waals surface area (Å²) in [6.45, 7) is 16.6. The van der Waals surface area contributed by atoms with Crippen LogP contribution in [0.25, 0.3) is 0 Å². The zero-order valence-corrected chi connectivity index (χ0v) is 53.6. The van der Waals surface area contributed by atoms with Crippen LogP contribution in [-0.2, 0) is 71.2 Å². The predicted octanol–water partition coefficient (Wildman–Crippen LogP) is -1.40. The molecule has 28 nitrogen and oxygen atoms in total. The van der Waals surface area contributed by atoms with E-state index in [1.165, 1.54) is 13.8 Å². The van der Waals surface area contributed by atoms with Crippen LogP contribution in [0, 0.1) is 50.2 Å². The highest BCUT2D eigenvalue weighted by molar-refractivity contribution is 5.79. The van der Waals surface area contributed by atoms with E-state index in [2.05, 4.69) is 40.7 Å². The molecule has 0 bridgehead atoms. The molecule has 9 fully saturated rings. The van der Waals surface area contributed by atoms with Gasteiger partial charge in [0.05, 0.1) is 43.5 Å². The number of carbonyl (C=O) groups excluding carboxylic acids is 3. The minimum absolute atomic E-state index is 0.0806. The van der Waals surface area contributed by atoms with Gasteiger partial charge in [0.2, 0.25) is 6.29 Å². The average Bonchev–Trinajstić information content (AvgIpc) is 0.676. The molecule has 33 atom stereocenters. The highest BCUT2D eigenvalue weighted by Gasteiger charge is 2.71. The lowest BCUT2D eigenvalue weighted by molar-refractivity contribution is -0.365. The molecule has 5 aliphatic heterocycles. The smallest absolute Gasteiger partial charge is 0.315 e. The molecule has 0 aromatic heterocycles. The maximum Gasteiger partial charge on any atom is 0.315 e. The fourth-order valence-corrected chi connectivity index (χ4v) is 18.0. The summed E-state index contributed by atoms with van der Waals surface area (Å²) >= 11 is 0. The number of allylic oxidation sites excluding steroid dienone is 2. The maximum atomic E-state index is 15.3. The highest BCUT2D eigenvalue weighted by atomic mass is 16.8. The number of aliphatic hydroxyl groups excluding tert-OH is 13. The Bertz CT molecular complexity index is 2610. The fourth-order valence-electron chi connectivity index (χ4n) is 18.0. The number of aliphatic hydroxyl groups is 13. The molecule has 5 aliphatic carbocycles. The van der Waals surface area contributed by atoms with Crippen molar-refractivity contribution in [2.24, 2.45) is 50.2 Å². The molecule has 33 unspecified atom stereocenters. The molecule has 0 amide bonds. The standard InChI is InChI=1S/C63H100O28/c1-26-38(68)42(72)46(76)53(83-26)90-50-40(70)32(67)22-81-55(50)88-37-14-15-59(7)35(60(37,8)25-64)13-16-62(10)36(59)12-11-30-31-21-58(5,6)17-19-63(31,20-18-61(30,62)9)57(79)91-54-47(77)43(73)41(71)33(86-54)23-82-52-48(78)45(75)49(34(87-52)24-80-28(3)65)89-56-51(85-29(4)66)44(74)39(69)27(2)84-56/h11,26-27,31-56,64,67-78H,12-25H2,1-10H3. The van der Waals surface area contributed by atoms with Gasteiger partial charge in [0, 0.05) is 19.3 Å². The molecule has 520 valence electrons. The first-order valence-electron chi connectivity index (χ1n) is 32.4. The summed E-state index contributed by atoms with van der Waals surface area (Å²) in [7, 11) is 0. The number of carbonyl (C=O) groups is 3. The first-order chi connectivity index (χ1) is 42.6. The van der Waals surface area contributed by atoms with E-state index < -0.39 is 201 Å². The Hall–Kier alpha value is -2.73. The lowest BCUT2D eigenvalue weighted by Crippen LogP contribution is -2.67. The van der Waals surface area contributed by atoms with Crippen LogP contribution in [0.4, 0.5) is 0 Å². The quantitative estimate of drug-likeness (QED) is 0.0388. The zero-order chi connectivity index (χ0) is 66.6. The molecule has 4 saturated carbocycles. The normalized spacial score (nSPS) is 52.2. The monoisotopic (exact) mass is 1300 g/mol. The molecule has 5 saturated heterocycles. The van der Waals surface area contributed by atoms with Crippen molar-refractivity contribution in [3.8, 4) is 0 Å². The van der Waals surface area contributed by atoms with E-state index in [0.29, 0.717) is 57.8 Å². The van der Waals surface area contributed by atoms with Gasteiger partial charge in [-0.1, -0.05) is 53.2 Å². The molecule has 0 aromatic carbocycles. The molecule has 10 rings (SSSR count). The van der Waals surface area contributed by atoms with E-state index in [0.717, 1.165) is 25.8 Å². The lowest BCUT2D eigenvalue weighted by Gasteiger charge is -2.71. The van der Waals surface area contributed by atoms with Gasteiger partial charge >= 0.3 is 17.9 Å². The summed E-state index contributed by atoms with van der Waals surface area (Å²) in [5.41, 5.74) is -2.07. The summed E-state index contributed by atoms with van der Waals surface area (Å²) in [6.07, 6.45) is -30.4. The molecular formula is C63H100O28. The van der Waals surface area contributed by atoms with Crippen LogP contribution in [0.15, 0.2) is 11.6 Å². The van der Waals surface area contributed by atoms with Crippen LogP contribution in [0.5, 0.6) is 0 Å². The van der Waals surface area contributed by atoms with E-state index in [4.69, 9.17) is 56.8 Å². The van der Waals surface area contributed by atoms with Crippen LogP contribution in [0.1, 0.15) is 133 Å². The summed E-state index contributed by atoms with van der Waals surface area (Å²) < 4.78 is 70.8. The van der Waals surface area contributed by atoms with Crippen molar-refractivity contribution in [3.63, 3.8) is 0 Å². The van der Waals surface area contributed by atoms with Crippen LogP contribution < -0.4 is 0 Å². The molecule has 0 spiro atoms. The van der Waals surface area contributed by atoms with Crippen molar-refractivity contribution < 1.29 is 138 Å². The third kappa shape index (κ3) is 12.6. The number of ether oxygens (including phenoxy) is 12. The molecule has 0 radical (unpaired) electrons. The van der Waals surface area contributed by atoms with Crippen LogP contribution in [0.3, 0.4) is 0 Å². The molecule has 5 heterocycles. The van der Waals surface area contributed by atoms with Gasteiger partial charge in [-0.3, -0.25) is 14.4 Å². The maximum absolute atomic E-state index is 15.3. The average molecular weight is 1310 g/mol. The van der Waals surface area contributed by atoms with Crippen molar-refractivity contribution in [1.82, 2.24) is 0 Å². The van der Waals surface area contributed by atoms with Gasteiger partial charge in [0.25, 0.3) is 0 Å². The second kappa shape index (κ2) is 26.6. The van der Waals surface area contributed by atoms with Gasteiger partial charge in [0.15, 0.2) is 31.3 Å². The van der Waals surface area contributed by atoms with Crippen LogP contribution >= 0.6 is 0 Å². The Morgan fingerprint density at radius 3 is 1.82 bits per heavy atom. The van der Waals surface area contributed by atoms with Gasteiger partial charge in [-0.15, -0.1) is 0 Å². The minimum atomic E-state index is -1.96. The van der Waals surface area contributed by atoms with Crippen molar-refractivity contribution in [3.05, 3.63) is 11.6 Å². The summed E-state index contributed by atoms with van der Waals surface area (Å²) in [4.78, 5) is 39.4. The molecular weight excluding hydrogens is 1200 g/mol. The third-order valence-corrected chi connectivity index (χ3v) is 23.7. The van der Waals surface area contributed by atoms with Gasteiger partial charge in [-0.05, 0) is 117 Å². The third-order valence-electron chi connectivity index (χ3n) is 23.7. The van der Waals surface area contributed by atoms with E-state index in [-0.39, 0.29) is 47.2 Å². The van der Waals surface area contributed by atoms with Crippen LogP contribution in [0.2, 0.25) is 0 Å². The van der Waals surface area contributed by atoms with Crippen molar-refractivity contribution in [2.75, 3.05) is 26.4 Å². The number of rotatable bonds is 15. The Morgan fingerprint density at radius 1 is 0.549 bits per heavy atom. The van der Waals surface area contributed by atoms with E-state index in [9.17, 15) is 76.0 Å². The first kappa shape index (κ1) is 71.1. The van der Waals surface area contributed by atoms with Gasteiger partial charge < -0.3 is 123 Å². The number of esters is 3. The molecule has 13 N–H and O–H groups in total. The van der Waals surface area contributed by atoms with E-state index in [1.54, 1.807) is 0 Å². The SMILES string of the molecule is CC(=O)OCC1OC(OCC2OC(OC(=O)C34CCC(C)(C)CC3C3=CCC5C6(C)CCC(OC7OCC(O)C(O)C7OC7OC(C)C(O)C(O)C7O)C(C)(CO)C6CCC5(C)C3(C)CC4)C(O)C(O)C2O)C(O)C(O)C1OC1OC(C)C(O)C(O)C1OC(C)=O. The van der Waals surface area contributed by atoms with E-state index in [1.807, 2.05) is 6.92 Å². The lowest BCUT2D eigenvalue weighted by atomic mass is 9.33. The minimum Gasteiger partial charge on any atom is -0.463 e. The number of fused-ring (bicyclic) bond motifs is 7. The second-order valence-electron chi connectivity index (χ2n) is 29.7. The number of hydrogen-bond acceptors (Lipinski definition) is 28. The molecule has 91 heavy (non-hydrogen) atoms. The van der Waals surface area contributed by atoms with E-state index >= 15 is 4.79 Å². The Morgan fingerprint density at radius 2 is 1.15 bits per heavy atom. The Kier molecular flexibility index (Phi) is 20.8. The van der Waals surface area contributed by atoms with Crippen molar-refractivity contribution in [2.45, 2.75) is 287 Å². The zero-order valence-electron chi connectivity index (χ0n) is 53.6. The topological polar surface area (TPSA) is 425 Å². The Balaban J connectivity index is 0.837. The van der Waals surface area contributed by atoms with Gasteiger partial charge in [-0.2, -0.15) is 0 Å². The summed E-state index contributed by atoms with van der Waals surface area (Å²) in [5, 5.41) is 144. The second-order valence-corrected chi connectivity index (χ2v) is 29.7. The van der Waals surface area contributed by atoms with Crippen LogP contribution in [-0.4, -0.2) is 264 Å². The van der Waals surface area contributed by atoms with Gasteiger partial charge in [-0.25, -0.2) is 0 Å². The summed E-state index contributed by atoms with van der Waals surface area (Å²) in [5.74, 6) is -2.56. The first-order valence-corrected chi connectivity index (χ1v) is 32.4. The largest absolute Gasteiger partial charge is 0.463 e. The van der Waals surface area contributed by atoms with Crippen molar-refractivity contribution >= 4 is 17.9 Å².